The maximum absolute atomic E-state index is 7.25. The van der Waals surface area contributed by atoms with Crippen LogP contribution in [0, 0.1) is 0 Å². The summed E-state index contributed by atoms with van der Waals surface area (Å²) in [5, 5.41) is 3.82. The third-order valence-electron chi connectivity index (χ3n) is 7.46. The first-order valence-electron chi connectivity index (χ1n) is 13.4. The number of hydrogen-bond donors (Lipinski definition) is 4. The van der Waals surface area contributed by atoms with E-state index in [2.05, 4.69) is 9.97 Å². The number of benzene rings is 4. The van der Waals surface area contributed by atoms with Crippen LogP contribution in [0.25, 0.3) is 89.7 Å². The van der Waals surface area contributed by atoms with Crippen LogP contribution in [0.15, 0.2) is 97.1 Å². The summed E-state index contributed by atoms with van der Waals surface area (Å²) in [6.45, 7) is 0. The number of aromatic amines is 2. The first-order valence-corrected chi connectivity index (χ1v) is 15.3. The van der Waals surface area contributed by atoms with Gasteiger partial charge in [0.15, 0.2) is 23.3 Å². The van der Waals surface area contributed by atoms with Crippen molar-refractivity contribution in [2.24, 2.45) is 0 Å². The summed E-state index contributed by atoms with van der Waals surface area (Å²) >= 11 is -1.50. The maximum Gasteiger partial charge on any atom is 0.164 e. The van der Waals surface area contributed by atoms with Crippen molar-refractivity contribution in [3.63, 3.8) is 0 Å². The van der Waals surface area contributed by atoms with Gasteiger partial charge in [-0.15, -0.1) is 0 Å². The molecule has 7 aromatic rings. The van der Waals surface area contributed by atoms with Crippen LogP contribution in [0.4, 0.5) is 0 Å². The van der Waals surface area contributed by atoms with Gasteiger partial charge in [-0.3, -0.25) is 0 Å². The van der Waals surface area contributed by atoms with Crippen LogP contribution in [-0.4, -0.2) is 75.2 Å². The fourth-order valence-corrected chi connectivity index (χ4v) is 5.59. The minimum atomic E-state index is -1.50. The molecule has 0 saturated carbocycles. The van der Waals surface area contributed by atoms with Gasteiger partial charge in [-0.1, -0.05) is 97.1 Å². The molecule has 0 atom stereocenters. The van der Waals surface area contributed by atoms with Crippen molar-refractivity contribution < 1.29 is 19.2 Å². The summed E-state index contributed by atoms with van der Waals surface area (Å²) in [7, 11) is 0. The maximum atomic E-state index is 7.25. The average Bonchev–Trinajstić information content (AvgIpc) is 3.77. The Labute approximate surface area is 261 Å². The molecule has 3 aromatic heterocycles. The molecular formula is C32H22GeN8O4. The molecular weight excluding hydrogens is 633 g/mol. The van der Waals surface area contributed by atoms with E-state index in [9.17, 15) is 0 Å². The molecule has 9 rings (SSSR count). The summed E-state index contributed by atoms with van der Waals surface area (Å²) in [6.07, 6.45) is 0. The number of nitrogens with one attached hydrogen (secondary N) is 2. The molecule has 45 heavy (non-hydrogen) atoms. The van der Waals surface area contributed by atoms with Crippen LogP contribution in [0.1, 0.15) is 0 Å². The zero-order chi connectivity index (χ0) is 28.9. The molecule has 0 spiro atoms. The molecule has 8 bridgehead atoms. The van der Waals surface area contributed by atoms with E-state index in [4.69, 9.17) is 38.2 Å². The second-order valence-electron chi connectivity index (χ2n) is 9.89. The van der Waals surface area contributed by atoms with Crippen LogP contribution >= 0.6 is 0 Å². The van der Waals surface area contributed by atoms with Crippen LogP contribution in [0.2, 0.25) is 0 Å². The number of aromatic nitrogens is 8. The van der Waals surface area contributed by atoms with E-state index in [1.165, 1.54) is 0 Å². The molecule has 13 heteroatoms. The van der Waals surface area contributed by atoms with E-state index in [0.717, 1.165) is 43.8 Å². The normalized spacial score (nSPS) is 10.9. The SMILES string of the molecule is [OH-].[OH-].[OH][Ge+2][OH].c1ccc2c(c1)-c1nc-2nc2[nH]c(nc3nc(nc4[nH]c(n1)c1ccccc41)-c1ccccc1-3)c1ccccc21. The third-order valence-corrected chi connectivity index (χ3v) is 7.46. The monoisotopic (exact) mass is 656 g/mol. The van der Waals surface area contributed by atoms with Crippen LogP contribution in [0.3, 0.4) is 0 Å². The first-order chi connectivity index (χ1) is 21.2. The van der Waals surface area contributed by atoms with Gasteiger partial charge in [0.25, 0.3) is 0 Å². The number of fused-ring (bicyclic) bond motifs is 20. The van der Waals surface area contributed by atoms with Crippen molar-refractivity contribution in [3.8, 4) is 45.6 Å². The summed E-state index contributed by atoms with van der Waals surface area (Å²) in [5.41, 5.74) is 6.45. The van der Waals surface area contributed by atoms with Gasteiger partial charge in [0.05, 0.1) is 0 Å². The molecule has 0 radical (unpaired) electrons. The summed E-state index contributed by atoms with van der Waals surface area (Å²) < 4.78 is 14.5. The number of nitrogens with zero attached hydrogens (tertiary/aromatic N) is 6. The summed E-state index contributed by atoms with van der Waals surface area (Å²) in [5.74, 6) is 2.39. The Balaban J connectivity index is 0.000000689. The van der Waals surface area contributed by atoms with E-state index in [-0.39, 0.29) is 11.0 Å². The smallest absolute Gasteiger partial charge is 0.164 e. The molecule has 12 nitrogen and oxygen atoms in total. The molecule has 0 aliphatic carbocycles. The van der Waals surface area contributed by atoms with Crippen molar-refractivity contribution >= 4 is 60.2 Å². The van der Waals surface area contributed by atoms with Crippen LogP contribution < -0.4 is 0 Å². The quantitative estimate of drug-likeness (QED) is 0.160. The number of H-pyrrole nitrogens is 2. The Bertz CT molecular complexity index is 2070. The Morgan fingerprint density at radius 2 is 0.600 bits per heavy atom. The molecule has 0 unspecified atom stereocenters. The van der Waals surface area contributed by atoms with Crippen molar-refractivity contribution in [3.05, 3.63) is 97.1 Å². The molecule has 0 fully saturated rings. The fraction of sp³-hybridized carbons (Fsp3) is 0. The first kappa shape index (κ1) is 29.7. The van der Waals surface area contributed by atoms with E-state index in [0.29, 0.717) is 45.9 Å². The molecule has 6 N–H and O–H groups in total. The van der Waals surface area contributed by atoms with Crippen molar-refractivity contribution in [2.45, 2.75) is 0 Å². The fourth-order valence-electron chi connectivity index (χ4n) is 5.59. The molecule has 4 aromatic carbocycles. The van der Waals surface area contributed by atoms with E-state index >= 15 is 0 Å². The van der Waals surface area contributed by atoms with Gasteiger partial charge in [0.2, 0.25) is 0 Å². The molecule has 2 aliphatic rings. The standard InChI is InChI=1S/C32H18N8.GeH2O2.2H2O/c1-2-10-18-17(9-1)25-33-26(18)38-28-21-13-5-6-14-22(21)30(35-28)40-32-24-16-8-7-15-23(24)31(36-32)39-29-20-12-4-3-11-19(20)27(34-29)37-25;2-1-3;;/h1-16H,(H2,33,34,35,36,37,38,39,40);2-3H;2*1H2/q;+2;;/p-2. The second-order valence-corrected chi connectivity index (χ2v) is 10.3. The zero-order valence-corrected chi connectivity index (χ0v) is 25.3. The predicted molar refractivity (Wildman–Crippen MR) is 170 cm³/mol. The van der Waals surface area contributed by atoms with Gasteiger partial charge in [0, 0.05) is 43.8 Å². The molecule has 0 saturated heterocycles. The topological polar surface area (TPSA) is 209 Å². The Kier molecular flexibility index (Phi) is 7.89. The van der Waals surface area contributed by atoms with Crippen LogP contribution in [0.5, 0.6) is 0 Å². The van der Waals surface area contributed by atoms with Gasteiger partial charge in [-0.25, -0.2) is 29.9 Å². The Morgan fingerprint density at radius 1 is 0.378 bits per heavy atom. The van der Waals surface area contributed by atoms with Gasteiger partial charge in [-0.2, -0.15) is 0 Å². The zero-order valence-electron chi connectivity index (χ0n) is 23.2. The van der Waals surface area contributed by atoms with E-state index < -0.39 is 16.1 Å². The van der Waals surface area contributed by atoms with Crippen molar-refractivity contribution in [2.75, 3.05) is 0 Å². The van der Waals surface area contributed by atoms with Gasteiger partial charge >= 0.3 is 24.4 Å². The minimum absolute atomic E-state index is 0. The van der Waals surface area contributed by atoms with Crippen molar-refractivity contribution in [1.29, 1.82) is 0 Å². The Hall–Kier alpha value is -5.38. The predicted octanol–water partition coefficient (Wildman–Crippen LogP) is 5.02. The molecule has 0 amide bonds. The minimum Gasteiger partial charge on any atom is -0.324 e. The largest absolute Gasteiger partial charge is 0.324 e. The third kappa shape index (κ3) is 4.92. The van der Waals surface area contributed by atoms with Crippen molar-refractivity contribution in [1.82, 2.24) is 39.9 Å². The van der Waals surface area contributed by atoms with Gasteiger partial charge in [-0.05, 0) is 0 Å². The van der Waals surface area contributed by atoms with Gasteiger partial charge < -0.3 is 20.9 Å². The molecule has 218 valence electrons. The van der Waals surface area contributed by atoms with Gasteiger partial charge in [0.1, 0.15) is 22.6 Å². The van der Waals surface area contributed by atoms with E-state index in [1.807, 2.05) is 97.1 Å². The average molecular weight is 655 g/mol. The van der Waals surface area contributed by atoms with Crippen LogP contribution in [-0.2, 0) is 0 Å². The summed E-state index contributed by atoms with van der Waals surface area (Å²) in [6, 6.07) is 32.2. The molecule has 2 aliphatic heterocycles. The Morgan fingerprint density at radius 3 is 0.844 bits per heavy atom. The molecule has 5 heterocycles. The van der Waals surface area contributed by atoms with E-state index in [1.54, 1.807) is 0 Å². The number of rotatable bonds is 0. The number of hydrogen-bond acceptors (Lipinski definition) is 10. The second kappa shape index (κ2) is 12.0. The summed E-state index contributed by atoms with van der Waals surface area (Å²) in [4.78, 5) is 36.8.